The number of rotatable bonds is 4. The van der Waals surface area contributed by atoms with E-state index in [1.165, 1.54) is 25.9 Å². The third-order valence-corrected chi connectivity index (χ3v) is 5.50. The molecule has 3 fully saturated rings. The molecule has 0 saturated carbocycles. The molecule has 0 spiro atoms. The molecule has 136 valence electrons. The molecule has 3 aliphatic heterocycles. The molecular formula is C20H25N5O. The maximum atomic E-state index is 12.6. The van der Waals surface area contributed by atoms with Crippen molar-refractivity contribution >= 4 is 11.7 Å². The summed E-state index contributed by atoms with van der Waals surface area (Å²) in [5.74, 6) is 1.46. The van der Waals surface area contributed by atoms with E-state index in [1.54, 1.807) is 12.4 Å². The van der Waals surface area contributed by atoms with E-state index in [0.717, 1.165) is 23.6 Å². The summed E-state index contributed by atoms with van der Waals surface area (Å²) in [5.41, 5.74) is 2.46. The second kappa shape index (κ2) is 7.03. The fraction of sp³-hybridized carbons (Fsp3) is 0.450. The van der Waals surface area contributed by atoms with Gasteiger partial charge in [0, 0.05) is 37.8 Å². The van der Waals surface area contributed by atoms with Gasteiger partial charge in [0.25, 0.3) is 5.91 Å². The van der Waals surface area contributed by atoms with Gasteiger partial charge in [0.05, 0.1) is 18.1 Å². The maximum absolute atomic E-state index is 12.6. The highest BCUT2D eigenvalue weighted by Gasteiger charge is 2.34. The van der Waals surface area contributed by atoms with Crippen LogP contribution in [-0.4, -0.2) is 60.5 Å². The number of fused-ring (bicyclic) bond motifs is 3. The van der Waals surface area contributed by atoms with E-state index in [4.69, 9.17) is 0 Å². The molecule has 3 saturated heterocycles. The highest BCUT2D eigenvalue weighted by molar-refractivity contribution is 5.94. The van der Waals surface area contributed by atoms with Crippen LogP contribution in [0, 0.1) is 5.92 Å². The van der Waals surface area contributed by atoms with E-state index in [2.05, 4.69) is 20.2 Å². The first kappa shape index (κ1) is 17.0. The van der Waals surface area contributed by atoms with E-state index in [9.17, 15) is 4.79 Å². The van der Waals surface area contributed by atoms with E-state index in [0.29, 0.717) is 11.5 Å². The highest BCUT2D eigenvalue weighted by atomic mass is 16.1. The number of nitrogens with one attached hydrogen (secondary N) is 1. The second-order valence-electron chi connectivity index (χ2n) is 7.45. The molecule has 1 aromatic carbocycles. The number of aromatic nitrogens is 2. The SMILES string of the molecule is CN(C)c1cncc(-c2ccc(C(=O)N[C@@H]3CN4CCC3CC4)cc2)n1. The largest absolute Gasteiger partial charge is 0.361 e. The topological polar surface area (TPSA) is 61.4 Å². The Kier molecular flexibility index (Phi) is 4.59. The molecule has 1 amide bonds. The van der Waals surface area contributed by atoms with Crippen molar-refractivity contribution < 1.29 is 4.79 Å². The van der Waals surface area contributed by atoms with Crippen molar-refractivity contribution in [3.8, 4) is 11.3 Å². The Bertz CT molecular complexity index is 781. The van der Waals surface area contributed by atoms with Gasteiger partial charge in [-0.05, 0) is 44.0 Å². The molecule has 26 heavy (non-hydrogen) atoms. The minimum absolute atomic E-state index is 0.0171. The molecule has 1 aromatic heterocycles. The van der Waals surface area contributed by atoms with Crippen LogP contribution in [0.2, 0.25) is 0 Å². The van der Waals surface area contributed by atoms with Gasteiger partial charge in [-0.15, -0.1) is 0 Å². The van der Waals surface area contributed by atoms with E-state index < -0.39 is 0 Å². The predicted octanol–water partition coefficient (Wildman–Crippen LogP) is 2.03. The van der Waals surface area contributed by atoms with Crippen LogP contribution in [0.4, 0.5) is 5.82 Å². The summed E-state index contributed by atoms with van der Waals surface area (Å²) in [4.78, 5) is 25.8. The van der Waals surface area contributed by atoms with Crippen molar-refractivity contribution in [1.82, 2.24) is 20.2 Å². The van der Waals surface area contributed by atoms with Crippen molar-refractivity contribution in [1.29, 1.82) is 0 Å². The number of hydrogen-bond donors (Lipinski definition) is 1. The lowest BCUT2D eigenvalue weighted by Crippen LogP contribution is -2.57. The molecule has 2 aromatic rings. The minimum Gasteiger partial charge on any atom is -0.361 e. The average molecular weight is 351 g/mol. The Morgan fingerprint density at radius 2 is 1.88 bits per heavy atom. The zero-order valence-corrected chi connectivity index (χ0v) is 15.4. The van der Waals surface area contributed by atoms with Gasteiger partial charge < -0.3 is 15.1 Å². The van der Waals surface area contributed by atoms with Crippen LogP contribution in [0.1, 0.15) is 23.2 Å². The van der Waals surface area contributed by atoms with Gasteiger partial charge in [-0.2, -0.15) is 0 Å². The molecule has 3 aliphatic rings. The Hall–Kier alpha value is -2.47. The van der Waals surface area contributed by atoms with E-state index in [1.807, 2.05) is 43.3 Å². The first-order valence-electron chi connectivity index (χ1n) is 9.23. The quantitative estimate of drug-likeness (QED) is 0.913. The molecule has 0 radical (unpaired) electrons. The van der Waals surface area contributed by atoms with Gasteiger partial charge in [0.15, 0.2) is 0 Å². The smallest absolute Gasteiger partial charge is 0.251 e. The fourth-order valence-corrected chi connectivity index (χ4v) is 3.88. The lowest BCUT2D eigenvalue weighted by molar-refractivity contribution is 0.0620. The van der Waals surface area contributed by atoms with Crippen molar-refractivity contribution in [3.63, 3.8) is 0 Å². The number of amides is 1. The summed E-state index contributed by atoms with van der Waals surface area (Å²) >= 11 is 0. The number of nitrogens with zero attached hydrogens (tertiary/aromatic N) is 4. The highest BCUT2D eigenvalue weighted by Crippen LogP contribution is 2.27. The summed E-state index contributed by atoms with van der Waals surface area (Å²) in [6.45, 7) is 3.35. The monoisotopic (exact) mass is 351 g/mol. The van der Waals surface area contributed by atoms with E-state index >= 15 is 0 Å². The van der Waals surface area contributed by atoms with Crippen molar-refractivity contribution in [2.24, 2.45) is 5.92 Å². The molecule has 6 nitrogen and oxygen atoms in total. The van der Waals surface area contributed by atoms with Crippen LogP contribution in [0.15, 0.2) is 36.7 Å². The van der Waals surface area contributed by atoms with Gasteiger partial charge in [-0.1, -0.05) is 12.1 Å². The normalized spacial score (nSPS) is 24.3. The first-order chi connectivity index (χ1) is 12.6. The van der Waals surface area contributed by atoms with Crippen LogP contribution >= 0.6 is 0 Å². The summed E-state index contributed by atoms with van der Waals surface area (Å²) < 4.78 is 0. The lowest BCUT2D eigenvalue weighted by atomic mass is 9.84. The number of hydrogen-bond acceptors (Lipinski definition) is 5. The van der Waals surface area contributed by atoms with Crippen LogP contribution in [-0.2, 0) is 0 Å². The first-order valence-corrected chi connectivity index (χ1v) is 9.23. The Labute approximate surface area is 154 Å². The number of piperidine rings is 3. The van der Waals surface area contributed by atoms with Gasteiger partial charge in [0.1, 0.15) is 5.82 Å². The second-order valence-corrected chi connectivity index (χ2v) is 7.45. The predicted molar refractivity (Wildman–Crippen MR) is 102 cm³/mol. The Morgan fingerprint density at radius 3 is 2.50 bits per heavy atom. The van der Waals surface area contributed by atoms with Crippen LogP contribution < -0.4 is 10.2 Å². The van der Waals surface area contributed by atoms with Crippen LogP contribution in [0.5, 0.6) is 0 Å². The summed E-state index contributed by atoms with van der Waals surface area (Å²) in [6, 6.07) is 7.91. The van der Waals surface area contributed by atoms with Crippen molar-refractivity contribution in [2.45, 2.75) is 18.9 Å². The third kappa shape index (κ3) is 3.42. The Balaban J connectivity index is 1.45. The van der Waals surface area contributed by atoms with Crippen molar-refractivity contribution in [2.75, 3.05) is 38.6 Å². The van der Waals surface area contributed by atoms with E-state index in [-0.39, 0.29) is 11.9 Å². The van der Waals surface area contributed by atoms with Gasteiger partial charge in [-0.3, -0.25) is 9.78 Å². The Morgan fingerprint density at radius 1 is 1.15 bits per heavy atom. The molecule has 0 aliphatic carbocycles. The number of anilines is 1. The molecular weight excluding hydrogens is 326 g/mol. The van der Waals surface area contributed by atoms with Crippen LogP contribution in [0.3, 0.4) is 0 Å². The summed E-state index contributed by atoms with van der Waals surface area (Å²) in [7, 11) is 3.88. The van der Waals surface area contributed by atoms with Crippen LogP contribution in [0.25, 0.3) is 11.3 Å². The fourth-order valence-electron chi connectivity index (χ4n) is 3.88. The maximum Gasteiger partial charge on any atom is 0.251 e. The zero-order valence-electron chi connectivity index (χ0n) is 15.4. The van der Waals surface area contributed by atoms with Crippen molar-refractivity contribution in [3.05, 3.63) is 42.2 Å². The zero-order chi connectivity index (χ0) is 18.1. The third-order valence-electron chi connectivity index (χ3n) is 5.50. The molecule has 6 heteroatoms. The minimum atomic E-state index is 0.0171. The van der Waals surface area contributed by atoms with Gasteiger partial charge in [-0.25, -0.2) is 4.98 Å². The standard InChI is InChI=1S/C20H25N5O/c1-24(2)19-12-21-11-17(22-19)14-3-5-16(6-4-14)20(26)23-18-13-25-9-7-15(18)8-10-25/h3-6,11-12,15,18H,7-10,13H2,1-2H3,(H,23,26)/t18-/m1/s1. The number of benzene rings is 1. The molecule has 1 atom stereocenters. The summed E-state index contributed by atoms with van der Waals surface area (Å²) in [6.07, 6.45) is 5.88. The molecule has 4 heterocycles. The molecule has 2 bridgehead atoms. The molecule has 5 rings (SSSR count). The molecule has 0 unspecified atom stereocenters. The van der Waals surface area contributed by atoms with Gasteiger partial charge >= 0.3 is 0 Å². The average Bonchev–Trinajstić information content (AvgIpc) is 2.69. The number of carbonyl (C=O) groups is 1. The lowest BCUT2D eigenvalue weighted by Gasteiger charge is -2.44. The summed E-state index contributed by atoms with van der Waals surface area (Å²) in [5, 5.41) is 3.23. The van der Waals surface area contributed by atoms with Gasteiger partial charge in [0.2, 0.25) is 0 Å². The number of carbonyl (C=O) groups excluding carboxylic acids is 1. The molecule has 1 N–H and O–H groups in total.